The van der Waals surface area contributed by atoms with Gasteiger partial charge in [-0.3, -0.25) is 14.2 Å². The summed E-state index contributed by atoms with van der Waals surface area (Å²) in [6.07, 6.45) is 1.59. The number of nitrogens with zero attached hydrogens (tertiary/aromatic N) is 4. The van der Waals surface area contributed by atoms with Gasteiger partial charge in [0.15, 0.2) is 5.16 Å². The van der Waals surface area contributed by atoms with E-state index in [2.05, 4.69) is 15.5 Å². The topological polar surface area (TPSA) is 80.1 Å². The van der Waals surface area contributed by atoms with Gasteiger partial charge in [-0.05, 0) is 62.7 Å². The first-order chi connectivity index (χ1) is 14.9. The molecule has 0 saturated heterocycles. The number of anilines is 1. The molecule has 1 aromatic heterocycles. The molecule has 1 heterocycles. The summed E-state index contributed by atoms with van der Waals surface area (Å²) in [5, 5.41) is 12.1. The van der Waals surface area contributed by atoms with E-state index in [1.54, 1.807) is 40.1 Å². The standard InChI is InChI=1S/C22H24ClN5O2S/c1-4-27(5-2)21(30)16-7-9-17(10-8-16)25-20(29)13-31-22-26-24-14-28(22)18-11-6-15(3)19(23)12-18/h6-12,14H,4-5,13H2,1-3H3,(H,25,29). The highest BCUT2D eigenvalue weighted by molar-refractivity contribution is 7.99. The molecule has 2 amide bonds. The Morgan fingerprint density at radius 3 is 2.48 bits per heavy atom. The van der Waals surface area contributed by atoms with Gasteiger partial charge in [0.05, 0.1) is 11.4 Å². The van der Waals surface area contributed by atoms with Crippen molar-refractivity contribution >= 4 is 40.9 Å². The van der Waals surface area contributed by atoms with Crippen LogP contribution < -0.4 is 5.32 Å². The number of hydrogen-bond donors (Lipinski definition) is 1. The number of rotatable bonds is 8. The zero-order valence-corrected chi connectivity index (χ0v) is 19.2. The molecule has 0 saturated carbocycles. The van der Waals surface area contributed by atoms with Gasteiger partial charge in [0.2, 0.25) is 5.91 Å². The van der Waals surface area contributed by atoms with E-state index in [1.807, 2.05) is 39.0 Å². The lowest BCUT2D eigenvalue weighted by molar-refractivity contribution is -0.113. The minimum Gasteiger partial charge on any atom is -0.339 e. The molecule has 7 nitrogen and oxygen atoms in total. The number of thioether (sulfide) groups is 1. The number of halogens is 1. The molecule has 1 N–H and O–H groups in total. The fourth-order valence-electron chi connectivity index (χ4n) is 2.95. The van der Waals surface area contributed by atoms with E-state index in [9.17, 15) is 9.59 Å². The summed E-state index contributed by atoms with van der Waals surface area (Å²) in [5.74, 6) is -0.0309. The fraction of sp³-hybridized carbons (Fsp3) is 0.273. The van der Waals surface area contributed by atoms with Gasteiger partial charge < -0.3 is 10.2 Å². The van der Waals surface area contributed by atoms with E-state index < -0.39 is 0 Å². The Labute approximate surface area is 190 Å². The molecule has 2 aromatic carbocycles. The highest BCUT2D eigenvalue weighted by Gasteiger charge is 2.14. The Balaban J connectivity index is 1.59. The van der Waals surface area contributed by atoms with Crippen LogP contribution in [-0.4, -0.2) is 50.3 Å². The van der Waals surface area contributed by atoms with Crippen molar-refractivity contribution in [2.45, 2.75) is 25.9 Å². The molecule has 9 heteroatoms. The van der Waals surface area contributed by atoms with Crippen LogP contribution in [0.2, 0.25) is 5.02 Å². The SMILES string of the molecule is CCN(CC)C(=O)c1ccc(NC(=O)CSc2nncn2-c2ccc(C)c(Cl)c2)cc1. The third kappa shape index (κ3) is 5.65. The minimum atomic E-state index is -0.177. The number of aryl methyl sites for hydroxylation is 1. The predicted molar refractivity (Wildman–Crippen MR) is 124 cm³/mol. The van der Waals surface area contributed by atoms with Crippen LogP contribution in [-0.2, 0) is 4.79 Å². The van der Waals surface area contributed by atoms with Crippen molar-refractivity contribution in [2.75, 3.05) is 24.2 Å². The van der Waals surface area contributed by atoms with Crippen molar-refractivity contribution in [1.29, 1.82) is 0 Å². The maximum absolute atomic E-state index is 12.4. The smallest absolute Gasteiger partial charge is 0.253 e. The molecule has 0 spiro atoms. The third-order valence-electron chi connectivity index (χ3n) is 4.75. The van der Waals surface area contributed by atoms with Gasteiger partial charge in [-0.25, -0.2) is 0 Å². The summed E-state index contributed by atoms with van der Waals surface area (Å²) in [6.45, 7) is 7.14. The second kappa shape index (κ2) is 10.5. The van der Waals surface area contributed by atoms with Crippen LogP contribution in [0, 0.1) is 6.92 Å². The quantitative estimate of drug-likeness (QED) is 0.506. The zero-order valence-electron chi connectivity index (χ0n) is 17.6. The lowest BCUT2D eigenvalue weighted by Gasteiger charge is -2.18. The van der Waals surface area contributed by atoms with Crippen LogP contribution in [0.1, 0.15) is 29.8 Å². The van der Waals surface area contributed by atoms with Crippen molar-refractivity contribution in [3.8, 4) is 5.69 Å². The molecule has 162 valence electrons. The highest BCUT2D eigenvalue weighted by Crippen LogP contribution is 2.24. The van der Waals surface area contributed by atoms with Crippen LogP contribution in [0.25, 0.3) is 5.69 Å². The van der Waals surface area contributed by atoms with E-state index >= 15 is 0 Å². The number of benzene rings is 2. The van der Waals surface area contributed by atoms with Gasteiger partial charge in [0.25, 0.3) is 5.91 Å². The Bertz CT molecular complexity index is 1060. The van der Waals surface area contributed by atoms with Crippen molar-refractivity contribution < 1.29 is 9.59 Å². The fourth-order valence-corrected chi connectivity index (χ4v) is 3.85. The van der Waals surface area contributed by atoms with Crippen LogP contribution >= 0.6 is 23.4 Å². The van der Waals surface area contributed by atoms with E-state index in [0.717, 1.165) is 11.3 Å². The molecule has 0 atom stereocenters. The first kappa shape index (κ1) is 22.8. The maximum Gasteiger partial charge on any atom is 0.253 e. The number of carbonyl (C=O) groups is 2. The molecular formula is C22H24ClN5O2S. The molecule has 3 aromatic rings. The van der Waals surface area contributed by atoms with Crippen LogP contribution in [0.4, 0.5) is 5.69 Å². The lowest BCUT2D eigenvalue weighted by Crippen LogP contribution is -2.30. The summed E-state index contributed by atoms with van der Waals surface area (Å²) >= 11 is 7.49. The van der Waals surface area contributed by atoms with Crippen LogP contribution in [0.15, 0.2) is 53.9 Å². The van der Waals surface area contributed by atoms with Gasteiger partial charge in [0.1, 0.15) is 6.33 Å². The van der Waals surface area contributed by atoms with Gasteiger partial charge >= 0.3 is 0 Å². The molecule has 0 radical (unpaired) electrons. The first-order valence-corrected chi connectivity index (χ1v) is 11.3. The second-order valence-corrected chi connectivity index (χ2v) is 8.16. The minimum absolute atomic E-state index is 0.0195. The Kier molecular flexibility index (Phi) is 7.70. The number of amides is 2. The summed E-state index contributed by atoms with van der Waals surface area (Å²) in [6, 6.07) is 12.6. The van der Waals surface area contributed by atoms with E-state index in [-0.39, 0.29) is 17.6 Å². The predicted octanol–water partition coefficient (Wildman–Crippen LogP) is 4.44. The molecule has 0 aliphatic rings. The maximum atomic E-state index is 12.4. The molecule has 0 bridgehead atoms. The van der Waals surface area contributed by atoms with Crippen LogP contribution in [0.5, 0.6) is 0 Å². The highest BCUT2D eigenvalue weighted by atomic mass is 35.5. The summed E-state index contributed by atoms with van der Waals surface area (Å²) < 4.78 is 1.79. The van der Waals surface area contributed by atoms with Gasteiger partial charge in [-0.15, -0.1) is 10.2 Å². The average Bonchev–Trinajstić information content (AvgIpc) is 3.24. The Morgan fingerprint density at radius 1 is 1.13 bits per heavy atom. The average molecular weight is 458 g/mol. The molecule has 31 heavy (non-hydrogen) atoms. The molecule has 0 fully saturated rings. The first-order valence-electron chi connectivity index (χ1n) is 9.91. The van der Waals surface area contributed by atoms with E-state index in [1.165, 1.54) is 11.8 Å². The lowest BCUT2D eigenvalue weighted by atomic mass is 10.2. The van der Waals surface area contributed by atoms with E-state index in [0.29, 0.717) is 34.5 Å². The number of nitrogens with one attached hydrogen (secondary N) is 1. The number of aromatic nitrogens is 3. The Hall–Kier alpha value is -2.84. The molecule has 0 unspecified atom stereocenters. The van der Waals surface area contributed by atoms with Gasteiger partial charge in [-0.1, -0.05) is 29.4 Å². The van der Waals surface area contributed by atoms with Crippen LogP contribution in [0.3, 0.4) is 0 Å². The summed E-state index contributed by atoms with van der Waals surface area (Å²) in [4.78, 5) is 26.5. The zero-order chi connectivity index (χ0) is 22.4. The van der Waals surface area contributed by atoms with Crippen molar-refractivity contribution in [3.05, 3.63) is 64.9 Å². The number of carbonyl (C=O) groups excluding carboxylic acids is 2. The molecule has 3 rings (SSSR count). The number of hydrogen-bond acceptors (Lipinski definition) is 5. The van der Waals surface area contributed by atoms with E-state index in [4.69, 9.17) is 11.6 Å². The van der Waals surface area contributed by atoms with Crippen molar-refractivity contribution in [1.82, 2.24) is 19.7 Å². The molecular weight excluding hydrogens is 434 g/mol. The van der Waals surface area contributed by atoms with Crippen molar-refractivity contribution in [2.24, 2.45) is 0 Å². The van der Waals surface area contributed by atoms with Gasteiger partial charge in [0, 0.05) is 29.4 Å². The van der Waals surface area contributed by atoms with Gasteiger partial charge in [-0.2, -0.15) is 0 Å². The second-order valence-electron chi connectivity index (χ2n) is 6.81. The molecule has 0 aliphatic carbocycles. The largest absolute Gasteiger partial charge is 0.339 e. The Morgan fingerprint density at radius 2 is 1.84 bits per heavy atom. The third-order valence-corrected chi connectivity index (χ3v) is 6.10. The summed E-state index contributed by atoms with van der Waals surface area (Å²) in [5.41, 5.74) is 3.04. The molecule has 0 aliphatic heterocycles. The van der Waals surface area contributed by atoms with Crippen molar-refractivity contribution in [3.63, 3.8) is 0 Å². The monoisotopic (exact) mass is 457 g/mol. The summed E-state index contributed by atoms with van der Waals surface area (Å²) in [7, 11) is 0. The normalized spacial score (nSPS) is 10.7.